The summed E-state index contributed by atoms with van der Waals surface area (Å²) in [5.41, 5.74) is 5.75. The molecule has 3 aromatic rings. The maximum absolute atomic E-state index is 11.6. The molecule has 0 aliphatic carbocycles. The summed E-state index contributed by atoms with van der Waals surface area (Å²) in [5.74, 6) is 2.19. The molecule has 1 aliphatic rings. The minimum atomic E-state index is -3.75. The maximum Gasteiger partial charge on any atom is 0.238 e. The van der Waals surface area contributed by atoms with E-state index in [1.165, 1.54) is 12.1 Å². The summed E-state index contributed by atoms with van der Waals surface area (Å²) in [5, 5.41) is 5.22. The number of rotatable bonds is 4. The maximum atomic E-state index is 11.6. The van der Waals surface area contributed by atoms with Gasteiger partial charge in [-0.25, -0.2) is 13.6 Å². The number of primary sulfonamides is 1. The van der Waals surface area contributed by atoms with Crippen molar-refractivity contribution in [1.29, 1.82) is 0 Å². The Morgan fingerprint density at radius 3 is 1.86 bits per heavy atom. The summed E-state index contributed by atoms with van der Waals surface area (Å²) in [4.78, 5) is 0.0691. The van der Waals surface area contributed by atoms with Gasteiger partial charge in [-0.05, 0) is 83.6 Å². The van der Waals surface area contributed by atoms with Gasteiger partial charge in [-0.3, -0.25) is 0 Å². The van der Waals surface area contributed by atoms with Crippen LogP contribution in [0, 0.1) is 13.8 Å². The lowest BCUT2D eigenvalue weighted by Crippen LogP contribution is -2.11. The second-order valence-electron chi connectivity index (χ2n) is 6.96. The van der Waals surface area contributed by atoms with Crippen LogP contribution in [0.15, 0.2) is 53.4 Å². The highest BCUT2D eigenvalue weighted by molar-refractivity contribution is 7.89. The Hall–Kier alpha value is -3.03. The molecule has 29 heavy (non-hydrogen) atoms. The van der Waals surface area contributed by atoms with Gasteiger partial charge in [-0.1, -0.05) is 12.1 Å². The lowest BCUT2D eigenvalue weighted by Gasteiger charge is -2.16. The zero-order valence-electron chi connectivity index (χ0n) is 16.4. The molecule has 3 aromatic carbocycles. The third kappa shape index (κ3) is 3.54. The van der Waals surface area contributed by atoms with E-state index in [0.29, 0.717) is 11.5 Å². The molecule has 1 aliphatic heterocycles. The van der Waals surface area contributed by atoms with Gasteiger partial charge in [0, 0.05) is 0 Å². The second kappa shape index (κ2) is 7.09. The molecule has 0 aromatic heterocycles. The third-order valence-electron chi connectivity index (χ3n) is 4.98. The number of methoxy groups -OCH3 is 1. The number of aryl methyl sites for hydroxylation is 2. The number of sulfonamides is 1. The first-order valence-electron chi connectivity index (χ1n) is 9.00. The van der Waals surface area contributed by atoms with E-state index in [9.17, 15) is 8.42 Å². The van der Waals surface area contributed by atoms with E-state index >= 15 is 0 Å². The fraction of sp³-hybridized carbons (Fsp3) is 0.182. The van der Waals surface area contributed by atoms with Crippen LogP contribution < -0.4 is 19.3 Å². The molecule has 7 heteroatoms. The van der Waals surface area contributed by atoms with Crippen molar-refractivity contribution in [1.82, 2.24) is 0 Å². The van der Waals surface area contributed by atoms with Crippen molar-refractivity contribution in [3.05, 3.63) is 59.7 Å². The zero-order chi connectivity index (χ0) is 20.8. The van der Waals surface area contributed by atoms with Gasteiger partial charge in [0.05, 0.1) is 12.0 Å². The molecule has 2 N–H and O–H groups in total. The highest BCUT2D eigenvalue weighted by Gasteiger charge is 2.20. The first-order valence-corrected chi connectivity index (χ1v) is 10.5. The van der Waals surface area contributed by atoms with E-state index in [2.05, 4.69) is 12.1 Å². The Labute approximate surface area is 169 Å². The van der Waals surface area contributed by atoms with Crippen molar-refractivity contribution in [3.63, 3.8) is 0 Å². The molecular formula is C22H21NO5S. The first-order chi connectivity index (χ1) is 13.8. The van der Waals surface area contributed by atoms with Crippen molar-refractivity contribution >= 4 is 10.0 Å². The van der Waals surface area contributed by atoms with Crippen LogP contribution in [0.1, 0.15) is 11.1 Å². The van der Waals surface area contributed by atoms with Crippen LogP contribution in [0.25, 0.3) is 22.3 Å². The predicted octanol–water partition coefficient (Wildman–Crippen LogP) is 4.02. The Bertz CT molecular complexity index is 1180. The van der Waals surface area contributed by atoms with Gasteiger partial charge in [-0.15, -0.1) is 0 Å². The number of nitrogens with two attached hydrogens (primary N) is 1. The Morgan fingerprint density at radius 1 is 0.862 bits per heavy atom. The first kappa shape index (κ1) is 19.3. The van der Waals surface area contributed by atoms with Gasteiger partial charge < -0.3 is 14.2 Å². The highest BCUT2D eigenvalue weighted by atomic mass is 32.2. The molecule has 1 heterocycles. The van der Waals surface area contributed by atoms with Crippen molar-refractivity contribution in [2.75, 3.05) is 13.9 Å². The van der Waals surface area contributed by atoms with Crippen LogP contribution in [-0.2, 0) is 10.0 Å². The molecule has 0 atom stereocenters. The molecule has 6 nitrogen and oxygen atoms in total. The summed E-state index contributed by atoms with van der Waals surface area (Å²) >= 11 is 0. The van der Waals surface area contributed by atoms with Crippen LogP contribution in [0.5, 0.6) is 17.2 Å². The van der Waals surface area contributed by atoms with Crippen LogP contribution in [-0.4, -0.2) is 22.3 Å². The lowest BCUT2D eigenvalue weighted by molar-refractivity contribution is 0.174. The standard InChI is InChI=1S/C22H21NO5S/c1-13-8-16(9-14(2)22(13)26-3)19-11-21-20(27-12-28-21)10-18(19)15-4-6-17(7-5-15)29(23,24)25/h4-11H,12H2,1-3H3,(H2,23,24,25). The number of ether oxygens (including phenoxy) is 3. The fourth-order valence-corrected chi connectivity index (χ4v) is 4.19. The number of hydrogen-bond acceptors (Lipinski definition) is 5. The van der Waals surface area contributed by atoms with Crippen molar-refractivity contribution < 1.29 is 22.6 Å². The zero-order valence-corrected chi connectivity index (χ0v) is 17.2. The van der Waals surface area contributed by atoms with E-state index in [-0.39, 0.29) is 11.7 Å². The van der Waals surface area contributed by atoms with E-state index in [1.54, 1.807) is 19.2 Å². The Kier molecular flexibility index (Phi) is 4.72. The van der Waals surface area contributed by atoms with Gasteiger partial charge in [0.1, 0.15) is 5.75 Å². The summed E-state index contributed by atoms with van der Waals surface area (Å²) < 4.78 is 39.8. The van der Waals surface area contributed by atoms with Crippen LogP contribution in [0.2, 0.25) is 0 Å². The number of fused-ring (bicyclic) bond motifs is 1. The summed E-state index contributed by atoms with van der Waals surface area (Å²) in [6, 6.07) is 14.5. The van der Waals surface area contributed by atoms with E-state index < -0.39 is 10.0 Å². The molecule has 0 saturated heterocycles. The molecule has 0 fully saturated rings. The molecule has 0 spiro atoms. The number of benzene rings is 3. The molecule has 0 radical (unpaired) electrons. The normalized spacial score (nSPS) is 12.8. The van der Waals surface area contributed by atoms with Gasteiger partial charge in [0.2, 0.25) is 16.8 Å². The SMILES string of the molecule is COc1c(C)cc(-c2cc3c(cc2-c2ccc(S(N)(=O)=O)cc2)OCO3)cc1C. The van der Waals surface area contributed by atoms with Crippen LogP contribution in [0.4, 0.5) is 0 Å². The molecular weight excluding hydrogens is 390 g/mol. The van der Waals surface area contributed by atoms with E-state index in [1.807, 2.05) is 26.0 Å². The molecule has 0 unspecified atom stereocenters. The molecule has 0 amide bonds. The average molecular weight is 411 g/mol. The minimum absolute atomic E-state index is 0.0691. The summed E-state index contributed by atoms with van der Waals surface area (Å²) in [7, 11) is -2.09. The molecule has 4 rings (SSSR count). The Morgan fingerprint density at radius 2 is 1.38 bits per heavy atom. The van der Waals surface area contributed by atoms with Crippen molar-refractivity contribution in [2.24, 2.45) is 5.14 Å². The van der Waals surface area contributed by atoms with Crippen molar-refractivity contribution in [2.45, 2.75) is 18.7 Å². The predicted molar refractivity (Wildman–Crippen MR) is 111 cm³/mol. The van der Waals surface area contributed by atoms with Crippen molar-refractivity contribution in [3.8, 4) is 39.5 Å². The quantitative estimate of drug-likeness (QED) is 0.700. The van der Waals surface area contributed by atoms with Gasteiger partial charge in [-0.2, -0.15) is 0 Å². The molecule has 0 bridgehead atoms. The van der Waals surface area contributed by atoms with Crippen LogP contribution >= 0.6 is 0 Å². The molecule has 150 valence electrons. The summed E-state index contributed by atoms with van der Waals surface area (Å²) in [6.45, 7) is 4.18. The molecule has 0 saturated carbocycles. The summed E-state index contributed by atoms with van der Waals surface area (Å²) in [6.07, 6.45) is 0. The third-order valence-corrected chi connectivity index (χ3v) is 5.91. The van der Waals surface area contributed by atoms with Gasteiger partial charge in [0.25, 0.3) is 0 Å². The highest BCUT2D eigenvalue weighted by Crippen LogP contribution is 2.44. The minimum Gasteiger partial charge on any atom is -0.496 e. The number of hydrogen-bond donors (Lipinski definition) is 1. The average Bonchev–Trinajstić information content (AvgIpc) is 3.13. The topological polar surface area (TPSA) is 87.9 Å². The second-order valence-corrected chi connectivity index (χ2v) is 8.53. The fourth-order valence-electron chi connectivity index (χ4n) is 3.67. The van der Waals surface area contributed by atoms with Crippen LogP contribution in [0.3, 0.4) is 0 Å². The largest absolute Gasteiger partial charge is 0.496 e. The Balaban J connectivity index is 1.91. The monoisotopic (exact) mass is 411 g/mol. The van der Waals surface area contributed by atoms with E-state index in [0.717, 1.165) is 39.1 Å². The van der Waals surface area contributed by atoms with Gasteiger partial charge >= 0.3 is 0 Å². The van der Waals surface area contributed by atoms with E-state index in [4.69, 9.17) is 19.3 Å². The smallest absolute Gasteiger partial charge is 0.238 e. The van der Waals surface area contributed by atoms with Gasteiger partial charge in [0.15, 0.2) is 11.5 Å². The lowest BCUT2D eigenvalue weighted by atomic mass is 9.92.